The molecule has 0 bridgehead atoms. The van der Waals surface area contributed by atoms with Crippen LogP contribution in [0.15, 0.2) is 4.99 Å². The number of amidine groups is 1. The van der Waals surface area contributed by atoms with Crippen LogP contribution in [0.3, 0.4) is 0 Å². The van der Waals surface area contributed by atoms with Crippen molar-refractivity contribution in [1.29, 1.82) is 0 Å². The minimum Gasteiger partial charge on any atom is -0.480 e. The molecule has 2 heterocycles. The lowest BCUT2D eigenvalue weighted by atomic mass is 9.97. The highest BCUT2D eigenvalue weighted by atomic mass is 19.4. The van der Waals surface area contributed by atoms with Gasteiger partial charge in [-0.25, -0.2) is 14.6 Å². The summed E-state index contributed by atoms with van der Waals surface area (Å²) in [7, 11) is 0. The number of carbonyl (C=O) groups is 2. The van der Waals surface area contributed by atoms with Crippen molar-refractivity contribution in [2.45, 2.75) is 57.6 Å². The van der Waals surface area contributed by atoms with Gasteiger partial charge in [0.2, 0.25) is 5.84 Å². The van der Waals surface area contributed by atoms with Crippen LogP contribution in [0.4, 0.5) is 18.0 Å². The van der Waals surface area contributed by atoms with E-state index in [0.29, 0.717) is 0 Å². The lowest BCUT2D eigenvalue weighted by molar-refractivity contribution is -0.140. The highest BCUT2D eigenvalue weighted by molar-refractivity contribution is 5.94. The van der Waals surface area contributed by atoms with Gasteiger partial charge in [-0.1, -0.05) is 0 Å². The van der Waals surface area contributed by atoms with Crippen molar-refractivity contribution in [2.75, 3.05) is 13.1 Å². The standard InChI is InChI=1S/C14H20F3N3O4/c1-7-9-8(10(21)22)18-11(14(15,16)17)20(9)6-5-19(7)12(23)24-13(2,3)4/h7-9H,5-6H2,1-4H3,(H,21,22). The third-order valence-electron chi connectivity index (χ3n) is 3.92. The van der Waals surface area contributed by atoms with Crippen molar-refractivity contribution >= 4 is 17.9 Å². The van der Waals surface area contributed by atoms with Crippen LogP contribution in [-0.4, -0.2) is 75.8 Å². The average molecular weight is 351 g/mol. The van der Waals surface area contributed by atoms with Gasteiger partial charge in [-0.2, -0.15) is 13.2 Å². The molecular formula is C14H20F3N3O4. The van der Waals surface area contributed by atoms with E-state index >= 15 is 0 Å². The fourth-order valence-corrected chi connectivity index (χ4v) is 2.99. The number of fused-ring (bicyclic) bond motifs is 1. The number of carbonyl (C=O) groups excluding carboxylic acids is 1. The summed E-state index contributed by atoms with van der Waals surface area (Å²) in [5.74, 6) is -2.65. The van der Waals surface area contributed by atoms with Gasteiger partial charge in [0.25, 0.3) is 0 Å². The molecule has 1 N–H and O–H groups in total. The number of carboxylic acids is 1. The lowest BCUT2D eigenvalue weighted by Gasteiger charge is -2.45. The molecule has 0 aromatic rings. The van der Waals surface area contributed by atoms with E-state index in [4.69, 9.17) is 4.74 Å². The Bertz CT molecular complexity index is 571. The number of ether oxygens (including phenoxy) is 1. The topological polar surface area (TPSA) is 82.4 Å². The third kappa shape index (κ3) is 3.41. The second-order valence-corrected chi connectivity index (χ2v) is 6.83. The second-order valence-electron chi connectivity index (χ2n) is 6.83. The molecule has 0 aromatic heterocycles. The first-order valence-electron chi connectivity index (χ1n) is 7.47. The van der Waals surface area contributed by atoms with Crippen LogP contribution >= 0.6 is 0 Å². The first kappa shape index (κ1) is 18.3. The summed E-state index contributed by atoms with van der Waals surface area (Å²) >= 11 is 0. The van der Waals surface area contributed by atoms with Gasteiger partial charge in [0, 0.05) is 13.1 Å². The van der Waals surface area contributed by atoms with E-state index in [9.17, 15) is 27.9 Å². The fraction of sp³-hybridized carbons (Fsp3) is 0.786. The van der Waals surface area contributed by atoms with Crippen LogP contribution in [0.2, 0.25) is 0 Å². The molecule has 0 aliphatic carbocycles. The Kier molecular flexibility index (Phi) is 4.45. The summed E-state index contributed by atoms with van der Waals surface area (Å²) in [5, 5.41) is 9.23. The SMILES string of the molecule is CC1C2C(C(=O)O)N=C(C(F)(F)F)N2CCN1C(=O)OC(C)(C)C. The largest absolute Gasteiger partial charge is 0.480 e. The zero-order chi connectivity index (χ0) is 18.4. The van der Waals surface area contributed by atoms with Crippen molar-refractivity contribution in [1.82, 2.24) is 9.80 Å². The van der Waals surface area contributed by atoms with Crippen molar-refractivity contribution in [2.24, 2.45) is 4.99 Å². The van der Waals surface area contributed by atoms with E-state index in [1.165, 1.54) is 11.8 Å². The number of rotatable bonds is 1. The van der Waals surface area contributed by atoms with Crippen LogP contribution < -0.4 is 0 Å². The molecule has 0 spiro atoms. The van der Waals surface area contributed by atoms with E-state index in [-0.39, 0.29) is 13.1 Å². The van der Waals surface area contributed by atoms with Crippen LogP contribution in [-0.2, 0) is 9.53 Å². The molecule has 0 aromatic carbocycles. The molecule has 0 radical (unpaired) electrons. The number of alkyl halides is 3. The summed E-state index contributed by atoms with van der Waals surface area (Å²) in [4.78, 5) is 29.1. The maximum absolute atomic E-state index is 13.1. The number of carboxylic acid groups (broad SMARTS) is 1. The number of hydrogen-bond donors (Lipinski definition) is 1. The van der Waals surface area contributed by atoms with Gasteiger partial charge in [-0.15, -0.1) is 0 Å². The molecule has 24 heavy (non-hydrogen) atoms. The van der Waals surface area contributed by atoms with Gasteiger partial charge in [0.15, 0.2) is 6.04 Å². The number of hydrogen-bond acceptors (Lipinski definition) is 5. The zero-order valence-corrected chi connectivity index (χ0v) is 13.8. The van der Waals surface area contributed by atoms with Crippen LogP contribution in [0.5, 0.6) is 0 Å². The fourth-order valence-electron chi connectivity index (χ4n) is 2.99. The normalized spacial score (nSPS) is 27.6. The Balaban J connectivity index is 2.27. The van der Waals surface area contributed by atoms with Gasteiger partial charge in [-0.05, 0) is 27.7 Å². The predicted molar refractivity (Wildman–Crippen MR) is 77.8 cm³/mol. The molecule has 2 aliphatic heterocycles. The van der Waals surface area contributed by atoms with Gasteiger partial charge in [-0.3, -0.25) is 0 Å². The molecule has 1 amide bonds. The Labute approximate surface area is 137 Å². The van der Waals surface area contributed by atoms with Gasteiger partial charge in [0.05, 0.1) is 12.1 Å². The summed E-state index contributed by atoms with van der Waals surface area (Å²) in [6.07, 6.45) is -5.42. The number of aliphatic carboxylic acids is 1. The summed E-state index contributed by atoms with van der Waals surface area (Å²) < 4.78 is 44.6. The van der Waals surface area contributed by atoms with E-state index in [1.54, 1.807) is 20.8 Å². The number of halogens is 3. The van der Waals surface area contributed by atoms with Crippen LogP contribution in [0.1, 0.15) is 27.7 Å². The highest BCUT2D eigenvalue weighted by Crippen LogP contribution is 2.34. The number of nitrogens with zero attached hydrogens (tertiary/aromatic N) is 3. The molecule has 10 heteroatoms. The maximum Gasteiger partial charge on any atom is 0.449 e. The Morgan fingerprint density at radius 1 is 1.25 bits per heavy atom. The van der Waals surface area contributed by atoms with E-state index in [0.717, 1.165) is 4.90 Å². The molecule has 7 nitrogen and oxygen atoms in total. The molecule has 3 unspecified atom stereocenters. The van der Waals surface area contributed by atoms with Gasteiger partial charge in [0.1, 0.15) is 5.60 Å². The number of piperazine rings is 1. The predicted octanol–water partition coefficient (Wildman–Crippen LogP) is 1.72. The molecule has 2 rings (SSSR count). The van der Waals surface area contributed by atoms with Crippen molar-refractivity contribution in [3.63, 3.8) is 0 Å². The molecule has 1 fully saturated rings. The Hall–Kier alpha value is -2.00. The van der Waals surface area contributed by atoms with Crippen molar-refractivity contribution < 1.29 is 32.6 Å². The number of amides is 1. The highest BCUT2D eigenvalue weighted by Gasteiger charge is 2.55. The Morgan fingerprint density at radius 3 is 2.29 bits per heavy atom. The average Bonchev–Trinajstić information content (AvgIpc) is 2.77. The molecular weight excluding hydrogens is 331 g/mol. The smallest absolute Gasteiger partial charge is 0.449 e. The van der Waals surface area contributed by atoms with Crippen molar-refractivity contribution in [3.8, 4) is 0 Å². The van der Waals surface area contributed by atoms with Gasteiger partial charge < -0.3 is 19.6 Å². The first-order chi connectivity index (χ1) is 10.8. The minimum absolute atomic E-state index is 0.00593. The van der Waals surface area contributed by atoms with Gasteiger partial charge >= 0.3 is 18.2 Å². The van der Waals surface area contributed by atoms with E-state index in [1.807, 2.05) is 0 Å². The first-order valence-corrected chi connectivity index (χ1v) is 7.47. The van der Waals surface area contributed by atoms with Crippen molar-refractivity contribution in [3.05, 3.63) is 0 Å². The zero-order valence-electron chi connectivity index (χ0n) is 13.8. The molecule has 0 saturated carbocycles. The quantitative estimate of drug-likeness (QED) is 0.778. The van der Waals surface area contributed by atoms with Crippen LogP contribution in [0.25, 0.3) is 0 Å². The second kappa shape index (κ2) is 5.82. The lowest BCUT2D eigenvalue weighted by Crippen LogP contribution is -2.64. The summed E-state index contributed by atoms with van der Waals surface area (Å²) in [6.45, 7) is 6.36. The molecule has 3 atom stereocenters. The summed E-state index contributed by atoms with van der Waals surface area (Å²) in [5.41, 5.74) is -0.760. The third-order valence-corrected chi connectivity index (χ3v) is 3.92. The van der Waals surface area contributed by atoms with E-state index < -0.39 is 47.8 Å². The Morgan fingerprint density at radius 2 is 1.83 bits per heavy atom. The van der Waals surface area contributed by atoms with Crippen LogP contribution in [0, 0.1) is 0 Å². The molecule has 136 valence electrons. The monoisotopic (exact) mass is 351 g/mol. The molecule has 1 saturated heterocycles. The minimum atomic E-state index is -4.74. The molecule has 2 aliphatic rings. The van der Waals surface area contributed by atoms with E-state index in [2.05, 4.69) is 4.99 Å². The number of aliphatic imine (C=N–C) groups is 1. The summed E-state index contributed by atoms with van der Waals surface area (Å²) in [6, 6.07) is -3.46. The maximum atomic E-state index is 13.1.